The van der Waals surface area contributed by atoms with Gasteiger partial charge in [0, 0.05) is 0 Å². The highest BCUT2D eigenvalue weighted by Crippen LogP contribution is 2.53. The Labute approximate surface area is 171 Å². The van der Waals surface area contributed by atoms with Gasteiger partial charge in [-0.3, -0.25) is 0 Å². The first-order valence-electron chi connectivity index (χ1n) is 10.6. The van der Waals surface area contributed by atoms with Gasteiger partial charge in [-0.15, -0.1) is 0 Å². The minimum atomic E-state index is 1.40. The van der Waals surface area contributed by atoms with Gasteiger partial charge in [-0.2, -0.15) is 0 Å². The third kappa shape index (κ3) is 1.28. The van der Waals surface area contributed by atoms with Crippen LogP contribution in [0.4, 0.5) is 0 Å². The molecule has 9 rings (SSSR count). The number of hydrogen-bond donors (Lipinski definition) is 0. The molecule has 0 radical (unpaired) electrons. The van der Waals surface area contributed by atoms with Crippen LogP contribution in [0, 0.1) is 0 Å². The first-order valence-corrected chi connectivity index (χ1v) is 10.6. The summed E-state index contributed by atoms with van der Waals surface area (Å²) < 4.78 is 0. The highest BCUT2D eigenvalue weighted by atomic mass is 14.3. The molecule has 0 saturated carbocycles. The smallest absolute Gasteiger partial charge is 0.000740 e. The zero-order valence-corrected chi connectivity index (χ0v) is 16.1. The van der Waals surface area contributed by atoms with Gasteiger partial charge in [0.2, 0.25) is 0 Å². The van der Waals surface area contributed by atoms with Crippen LogP contribution in [0.25, 0.3) is 86.2 Å². The van der Waals surface area contributed by atoms with E-state index in [9.17, 15) is 0 Å². The van der Waals surface area contributed by atoms with Crippen molar-refractivity contribution in [2.75, 3.05) is 0 Å². The van der Waals surface area contributed by atoms with E-state index >= 15 is 0 Å². The van der Waals surface area contributed by atoms with Crippen LogP contribution in [0.1, 0.15) is 0 Å². The number of hydrogen-bond acceptors (Lipinski definition) is 0. The maximum Gasteiger partial charge on any atom is -0.000740 e. The van der Waals surface area contributed by atoms with E-state index in [0.717, 1.165) is 0 Å². The summed E-state index contributed by atoms with van der Waals surface area (Å²) in [5.41, 5.74) is 0. The molecule has 0 atom stereocenters. The molecule has 9 aromatic rings. The minimum absolute atomic E-state index is 1.40. The zero-order chi connectivity index (χ0) is 19.1. The summed E-state index contributed by atoms with van der Waals surface area (Å²) in [7, 11) is 0. The van der Waals surface area contributed by atoms with Crippen LogP contribution >= 0.6 is 0 Å². The molecule has 0 aliphatic heterocycles. The highest BCUT2D eigenvalue weighted by Gasteiger charge is 2.24. The Hall–Kier alpha value is -3.90. The van der Waals surface area contributed by atoms with Gasteiger partial charge in [0.05, 0.1) is 0 Å². The van der Waals surface area contributed by atoms with E-state index in [0.29, 0.717) is 0 Å². The summed E-state index contributed by atoms with van der Waals surface area (Å²) in [5.74, 6) is 0. The summed E-state index contributed by atoms with van der Waals surface area (Å²) in [6.07, 6.45) is 0. The van der Waals surface area contributed by atoms with Crippen molar-refractivity contribution in [3.05, 3.63) is 84.9 Å². The Bertz CT molecular complexity index is 2080. The summed E-state index contributed by atoms with van der Waals surface area (Å²) in [5, 5.41) is 22.9. The molecule has 0 spiro atoms. The standard InChI is InChI=1S/C30H14/c1-2-6-16-15(5-1)23-13-25-22-12-11-21-20-10-9-19-17-7-3-4-8-18(17)27(19)29(20)30(21)28(22)26(25)14-24(16)23/h1-14H. The van der Waals surface area contributed by atoms with Gasteiger partial charge in [0.1, 0.15) is 0 Å². The van der Waals surface area contributed by atoms with Gasteiger partial charge in [-0.05, 0) is 98.3 Å². The quantitative estimate of drug-likeness (QED) is 0.249. The van der Waals surface area contributed by atoms with E-state index < -0.39 is 0 Å². The Morgan fingerprint density at radius 3 is 1.17 bits per heavy atom. The van der Waals surface area contributed by atoms with Crippen molar-refractivity contribution in [2.24, 2.45) is 0 Å². The summed E-state index contributed by atoms with van der Waals surface area (Å²) in [4.78, 5) is 0. The summed E-state index contributed by atoms with van der Waals surface area (Å²) in [6, 6.07) is 31.8. The molecule has 9 aromatic carbocycles. The Kier molecular flexibility index (Phi) is 2.04. The third-order valence-corrected chi connectivity index (χ3v) is 7.66. The second kappa shape index (κ2) is 4.32. The summed E-state index contributed by atoms with van der Waals surface area (Å²) >= 11 is 0. The van der Waals surface area contributed by atoms with Gasteiger partial charge >= 0.3 is 0 Å². The van der Waals surface area contributed by atoms with E-state index in [1.807, 2.05) is 0 Å². The van der Waals surface area contributed by atoms with E-state index in [1.54, 1.807) is 0 Å². The molecule has 0 bridgehead atoms. The van der Waals surface area contributed by atoms with Gasteiger partial charge in [0.15, 0.2) is 0 Å². The monoisotopic (exact) mass is 374 g/mol. The molecule has 0 heterocycles. The van der Waals surface area contributed by atoms with Crippen molar-refractivity contribution in [2.45, 2.75) is 0 Å². The highest BCUT2D eigenvalue weighted by molar-refractivity contribution is 6.50. The Balaban J connectivity index is 1.49. The van der Waals surface area contributed by atoms with Crippen molar-refractivity contribution in [1.29, 1.82) is 0 Å². The molecular formula is C30H14. The van der Waals surface area contributed by atoms with Crippen molar-refractivity contribution >= 4 is 86.2 Å². The lowest BCUT2D eigenvalue weighted by molar-refractivity contribution is 1.80. The van der Waals surface area contributed by atoms with Crippen LogP contribution in [0.3, 0.4) is 0 Å². The van der Waals surface area contributed by atoms with Crippen LogP contribution in [-0.2, 0) is 0 Å². The number of fused-ring (bicyclic) bond motifs is 18. The fraction of sp³-hybridized carbons (Fsp3) is 0. The molecule has 0 fully saturated rings. The van der Waals surface area contributed by atoms with Crippen molar-refractivity contribution < 1.29 is 0 Å². The Morgan fingerprint density at radius 1 is 0.233 bits per heavy atom. The minimum Gasteiger partial charge on any atom is -0.0616 e. The molecule has 0 unspecified atom stereocenters. The topological polar surface area (TPSA) is 0 Å². The predicted octanol–water partition coefficient (Wildman–Crippen LogP) is 8.66. The molecule has 0 N–H and O–H groups in total. The second-order valence-corrected chi connectivity index (χ2v) is 8.86. The molecule has 134 valence electrons. The SMILES string of the molecule is c1ccc2c(c1)c1cc3c4ccc5c6ccc7c8ccccc8c7c6c5c4c3cc21. The summed E-state index contributed by atoms with van der Waals surface area (Å²) in [6.45, 7) is 0. The molecule has 30 heavy (non-hydrogen) atoms. The van der Waals surface area contributed by atoms with Gasteiger partial charge in [-0.1, -0.05) is 72.8 Å². The number of rotatable bonds is 0. The molecule has 0 saturated heterocycles. The Morgan fingerprint density at radius 2 is 0.567 bits per heavy atom. The van der Waals surface area contributed by atoms with E-state index in [-0.39, 0.29) is 0 Å². The first-order chi connectivity index (χ1) is 14.9. The normalized spacial score (nSPS) is 13.3. The van der Waals surface area contributed by atoms with E-state index in [2.05, 4.69) is 84.9 Å². The van der Waals surface area contributed by atoms with Crippen molar-refractivity contribution in [3.63, 3.8) is 0 Å². The van der Waals surface area contributed by atoms with Crippen LogP contribution in [-0.4, -0.2) is 0 Å². The van der Waals surface area contributed by atoms with Crippen molar-refractivity contribution in [1.82, 2.24) is 0 Å². The average Bonchev–Trinajstić information content (AvgIpc) is 2.76. The first kappa shape index (κ1) is 14.1. The second-order valence-electron chi connectivity index (χ2n) is 8.86. The molecule has 0 heteroatoms. The lowest BCUT2D eigenvalue weighted by Gasteiger charge is -2.24. The predicted molar refractivity (Wildman–Crippen MR) is 131 cm³/mol. The fourth-order valence-corrected chi connectivity index (χ4v) is 6.30. The lowest BCUT2D eigenvalue weighted by atomic mass is 9.78. The largest absolute Gasteiger partial charge is 0.0616 e. The van der Waals surface area contributed by atoms with Crippen LogP contribution < -0.4 is 0 Å². The molecule has 0 nitrogen and oxygen atoms in total. The maximum absolute atomic E-state index is 2.44. The van der Waals surface area contributed by atoms with Gasteiger partial charge in [-0.25, -0.2) is 0 Å². The molecular weight excluding hydrogens is 360 g/mol. The molecule has 0 amide bonds. The lowest BCUT2D eigenvalue weighted by Crippen LogP contribution is -1.96. The van der Waals surface area contributed by atoms with E-state index in [4.69, 9.17) is 0 Å². The van der Waals surface area contributed by atoms with Crippen LogP contribution in [0.15, 0.2) is 84.9 Å². The maximum atomic E-state index is 2.44. The zero-order valence-electron chi connectivity index (χ0n) is 16.1. The van der Waals surface area contributed by atoms with Crippen molar-refractivity contribution in [3.8, 4) is 0 Å². The average molecular weight is 374 g/mol. The van der Waals surface area contributed by atoms with E-state index in [1.165, 1.54) is 86.2 Å². The number of benzene rings is 5. The molecule has 0 aromatic heterocycles. The van der Waals surface area contributed by atoms with Crippen LogP contribution in [0.2, 0.25) is 0 Å². The third-order valence-electron chi connectivity index (χ3n) is 7.66. The van der Waals surface area contributed by atoms with Gasteiger partial charge in [0.25, 0.3) is 0 Å². The van der Waals surface area contributed by atoms with Gasteiger partial charge < -0.3 is 0 Å². The fourth-order valence-electron chi connectivity index (χ4n) is 6.30. The van der Waals surface area contributed by atoms with Crippen LogP contribution in [0.5, 0.6) is 0 Å². The molecule has 0 aliphatic rings. The molecule has 0 aliphatic carbocycles.